The summed E-state index contributed by atoms with van der Waals surface area (Å²) in [5.74, 6) is 1.76. The molecule has 8 heteroatoms. The molecule has 4 rings (SSSR count). The Morgan fingerprint density at radius 1 is 1.11 bits per heavy atom. The van der Waals surface area contributed by atoms with Crippen molar-refractivity contribution >= 4 is 22.9 Å². The van der Waals surface area contributed by atoms with Crippen LogP contribution in [-0.2, 0) is 4.74 Å². The number of unbranched alkanes of at least 4 members (excludes halogenated alkanes) is 1. The fourth-order valence-electron chi connectivity index (χ4n) is 3.10. The summed E-state index contributed by atoms with van der Waals surface area (Å²) in [5, 5.41) is 0. The van der Waals surface area contributed by atoms with Crippen LogP contribution in [0.5, 0.6) is 5.75 Å². The largest absolute Gasteiger partial charge is 0.494 e. The van der Waals surface area contributed by atoms with Crippen molar-refractivity contribution in [1.82, 2.24) is 19.9 Å². The second-order valence-corrected chi connectivity index (χ2v) is 6.66. The molecule has 0 atom stereocenters. The minimum atomic E-state index is 0.199. The van der Waals surface area contributed by atoms with E-state index in [1.54, 1.807) is 6.20 Å². The predicted molar refractivity (Wildman–Crippen MR) is 108 cm³/mol. The highest BCUT2D eigenvalue weighted by atomic mass is 16.5. The lowest BCUT2D eigenvalue weighted by Gasteiger charge is -2.28. The van der Waals surface area contributed by atoms with Gasteiger partial charge >= 0.3 is 0 Å². The van der Waals surface area contributed by atoms with Gasteiger partial charge in [-0.15, -0.1) is 0 Å². The highest BCUT2D eigenvalue weighted by molar-refractivity contribution is 5.85. The number of benzene rings is 1. The Morgan fingerprint density at radius 2 is 1.89 bits per heavy atom. The number of morpholine rings is 1. The summed E-state index contributed by atoms with van der Waals surface area (Å²) >= 11 is 0. The summed E-state index contributed by atoms with van der Waals surface area (Å²) in [7, 11) is 0. The molecule has 0 aliphatic carbocycles. The van der Waals surface area contributed by atoms with E-state index in [0.717, 1.165) is 49.5 Å². The molecule has 3 heterocycles. The first kappa shape index (κ1) is 18.4. The van der Waals surface area contributed by atoms with Crippen molar-refractivity contribution in [3.63, 3.8) is 0 Å². The minimum absolute atomic E-state index is 0.199. The Kier molecular flexibility index (Phi) is 5.48. The van der Waals surface area contributed by atoms with E-state index < -0.39 is 0 Å². The van der Waals surface area contributed by atoms with Gasteiger partial charge in [0.15, 0.2) is 17.0 Å². The standard InChI is InChI=1S/C20H24N6O2/c1-2-3-10-28-15-6-4-14(5-7-15)16-13-22-18-17(23-16)19(25-20(21)24-18)26-8-11-27-12-9-26/h4-7,13H,2-3,8-12H2,1H3,(H2,21,22,24,25). The van der Waals surface area contributed by atoms with Crippen molar-refractivity contribution in [2.45, 2.75) is 19.8 Å². The molecule has 1 aromatic carbocycles. The molecule has 0 bridgehead atoms. The van der Waals surface area contributed by atoms with Crippen LogP contribution in [0.25, 0.3) is 22.4 Å². The van der Waals surface area contributed by atoms with E-state index in [-0.39, 0.29) is 5.95 Å². The van der Waals surface area contributed by atoms with Crippen LogP contribution < -0.4 is 15.4 Å². The average Bonchev–Trinajstić information content (AvgIpc) is 2.74. The molecule has 146 valence electrons. The lowest BCUT2D eigenvalue weighted by Crippen LogP contribution is -2.37. The third-order valence-electron chi connectivity index (χ3n) is 4.63. The number of rotatable bonds is 6. The fourth-order valence-corrected chi connectivity index (χ4v) is 3.10. The summed E-state index contributed by atoms with van der Waals surface area (Å²) < 4.78 is 11.2. The fraction of sp³-hybridized carbons (Fsp3) is 0.400. The monoisotopic (exact) mass is 380 g/mol. The zero-order valence-electron chi connectivity index (χ0n) is 16.0. The Hall–Kier alpha value is -3.00. The number of ether oxygens (including phenoxy) is 2. The van der Waals surface area contributed by atoms with Crippen molar-refractivity contribution in [3.8, 4) is 17.0 Å². The van der Waals surface area contributed by atoms with Crippen molar-refractivity contribution in [2.24, 2.45) is 0 Å². The predicted octanol–water partition coefficient (Wildman–Crippen LogP) is 2.68. The third-order valence-corrected chi connectivity index (χ3v) is 4.63. The summed E-state index contributed by atoms with van der Waals surface area (Å²) in [5.41, 5.74) is 8.75. The Balaban J connectivity index is 1.66. The van der Waals surface area contributed by atoms with Gasteiger partial charge in [-0.3, -0.25) is 0 Å². The number of nitrogen functional groups attached to an aromatic ring is 1. The lowest BCUT2D eigenvalue weighted by atomic mass is 10.1. The second kappa shape index (κ2) is 8.35. The van der Waals surface area contributed by atoms with Crippen molar-refractivity contribution < 1.29 is 9.47 Å². The molecular weight excluding hydrogens is 356 g/mol. The maximum Gasteiger partial charge on any atom is 0.224 e. The minimum Gasteiger partial charge on any atom is -0.494 e. The summed E-state index contributed by atoms with van der Waals surface area (Å²) in [6.45, 7) is 5.65. The van der Waals surface area contributed by atoms with Gasteiger partial charge in [0, 0.05) is 18.7 Å². The van der Waals surface area contributed by atoms with Crippen LogP contribution in [0.2, 0.25) is 0 Å². The summed E-state index contributed by atoms with van der Waals surface area (Å²) in [6.07, 6.45) is 3.87. The van der Waals surface area contributed by atoms with Crippen LogP contribution >= 0.6 is 0 Å². The molecule has 0 saturated carbocycles. The van der Waals surface area contributed by atoms with Gasteiger partial charge in [0.1, 0.15) is 5.75 Å². The van der Waals surface area contributed by atoms with E-state index in [1.807, 2.05) is 24.3 Å². The molecule has 28 heavy (non-hydrogen) atoms. The van der Waals surface area contributed by atoms with E-state index in [9.17, 15) is 0 Å². The molecule has 0 unspecified atom stereocenters. The van der Waals surface area contributed by atoms with Gasteiger partial charge in [0.05, 0.1) is 31.7 Å². The Bertz CT molecular complexity index is 941. The van der Waals surface area contributed by atoms with Gasteiger partial charge in [0.2, 0.25) is 5.95 Å². The molecule has 0 radical (unpaired) electrons. The van der Waals surface area contributed by atoms with Crippen molar-refractivity contribution in [1.29, 1.82) is 0 Å². The third kappa shape index (κ3) is 3.96. The topological polar surface area (TPSA) is 99.3 Å². The van der Waals surface area contributed by atoms with Crippen LogP contribution in [0, 0.1) is 0 Å². The van der Waals surface area contributed by atoms with Gasteiger partial charge in [0.25, 0.3) is 0 Å². The first-order valence-electron chi connectivity index (χ1n) is 9.61. The van der Waals surface area contributed by atoms with E-state index in [2.05, 4.69) is 26.8 Å². The molecule has 0 spiro atoms. The smallest absolute Gasteiger partial charge is 0.224 e. The highest BCUT2D eigenvalue weighted by Gasteiger charge is 2.19. The van der Waals surface area contributed by atoms with Crippen molar-refractivity contribution in [2.75, 3.05) is 43.5 Å². The van der Waals surface area contributed by atoms with Crippen LogP contribution in [-0.4, -0.2) is 52.8 Å². The SMILES string of the molecule is CCCCOc1ccc(-c2cnc3nc(N)nc(N4CCOCC4)c3n2)cc1. The van der Waals surface area contributed by atoms with Gasteiger partial charge in [-0.05, 0) is 30.7 Å². The van der Waals surface area contributed by atoms with Crippen LogP contribution in [0.15, 0.2) is 30.5 Å². The average molecular weight is 380 g/mol. The van der Waals surface area contributed by atoms with Gasteiger partial charge in [-0.2, -0.15) is 9.97 Å². The van der Waals surface area contributed by atoms with Gasteiger partial charge < -0.3 is 20.1 Å². The molecule has 0 amide bonds. The van der Waals surface area contributed by atoms with E-state index >= 15 is 0 Å². The first-order chi connectivity index (χ1) is 13.7. The number of fused-ring (bicyclic) bond motifs is 1. The molecule has 1 aliphatic rings. The molecule has 2 aromatic heterocycles. The molecular formula is C20H24N6O2. The summed E-state index contributed by atoms with van der Waals surface area (Å²) in [4.78, 5) is 20.1. The number of anilines is 2. The first-order valence-corrected chi connectivity index (χ1v) is 9.61. The van der Waals surface area contributed by atoms with Crippen molar-refractivity contribution in [3.05, 3.63) is 30.5 Å². The van der Waals surface area contributed by atoms with Crippen LogP contribution in [0.4, 0.5) is 11.8 Å². The number of nitrogens with zero attached hydrogens (tertiary/aromatic N) is 5. The second-order valence-electron chi connectivity index (χ2n) is 6.66. The number of hydrogen-bond donors (Lipinski definition) is 1. The van der Waals surface area contributed by atoms with E-state index in [4.69, 9.17) is 20.2 Å². The highest BCUT2D eigenvalue weighted by Crippen LogP contribution is 2.26. The molecule has 1 aliphatic heterocycles. The van der Waals surface area contributed by atoms with Crippen LogP contribution in [0.1, 0.15) is 19.8 Å². The summed E-state index contributed by atoms with van der Waals surface area (Å²) in [6, 6.07) is 7.89. The Labute approximate surface area is 163 Å². The maximum atomic E-state index is 5.89. The Morgan fingerprint density at radius 3 is 2.64 bits per heavy atom. The molecule has 8 nitrogen and oxygen atoms in total. The van der Waals surface area contributed by atoms with Gasteiger partial charge in [-0.25, -0.2) is 9.97 Å². The van der Waals surface area contributed by atoms with E-state index in [0.29, 0.717) is 30.2 Å². The number of aromatic nitrogens is 4. The quantitative estimate of drug-likeness (QED) is 0.652. The number of nitrogens with two attached hydrogens (primary N) is 1. The molecule has 2 N–H and O–H groups in total. The lowest BCUT2D eigenvalue weighted by molar-refractivity contribution is 0.122. The zero-order chi connectivity index (χ0) is 19.3. The normalized spacial score (nSPS) is 14.4. The van der Waals surface area contributed by atoms with Gasteiger partial charge in [-0.1, -0.05) is 13.3 Å². The molecule has 1 fully saturated rings. The maximum absolute atomic E-state index is 5.89. The number of hydrogen-bond acceptors (Lipinski definition) is 8. The van der Waals surface area contributed by atoms with Crippen LogP contribution in [0.3, 0.4) is 0 Å². The van der Waals surface area contributed by atoms with E-state index in [1.165, 1.54) is 0 Å². The zero-order valence-corrected chi connectivity index (χ0v) is 16.0. The molecule has 3 aromatic rings. The molecule has 1 saturated heterocycles.